The van der Waals surface area contributed by atoms with E-state index >= 15 is 0 Å². The average molecular weight is 383 g/mol. The molecule has 0 radical (unpaired) electrons. The van der Waals surface area contributed by atoms with Gasteiger partial charge in [0.15, 0.2) is 10.8 Å². The van der Waals surface area contributed by atoms with Crippen molar-refractivity contribution in [3.63, 3.8) is 0 Å². The van der Waals surface area contributed by atoms with Gasteiger partial charge >= 0.3 is 5.97 Å². The first kappa shape index (κ1) is 17.2. The molecule has 0 saturated carbocycles. The Hall–Kier alpha value is -2.60. The van der Waals surface area contributed by atoms with Crippen molar-refractivity contribution in [3.05, 3.63) is 22.8 Å². The van der Waals surface area contributed by atoms with Crippen molar-refractivity contribution in [2.45, 2.75) is 11.4 Å². The number of aliphatic carboxylic acids is 1. The van der Waals surface area contributed by atoms with Crippen LogP contribution in [0.2, 0.25) is 0 Å². The zero-order chi connectivity index (χ0) is 18.1. The average Bonchev–Trinajstić information content (AvgIpc) is 3.02. The number of hydrogen-bond acceptors (Lipinski definition) is 9. The summed E-state index contributed by atoms with van der Waals surface area (Å²) in [6.45, 7) is 0. The Morgan fingerprint density at radius 3 is 2.92 bits per heavy atom. The number of carboxylic acids is 1. The van der Waals surface area contributed by atoms with E-state index < -0.39 is 17.9 Å². The number of anilines is 1. The third-order valence-corrected chi connectivity index (χ3v) is 5.50. The van der Waals surface area contributed by atoms with Crippen molar-refractivity contribution >= 4 is 51.7 Å². The third kappa shape index (κ3) is 3.17. The van der Waals surface area contributed by atoms with E-state index in [0.717, 1.165) is 11.3 Å². The largest absolute Gasteiger partial charge is 0.478 e. The van der Waals surface area contributed by atoms with E-state index in [4.69, 9.17) is 10.8 Å². The fourth-order valence-corrected chi connectivity index (χ4v) is 4.13. The summed E-state index contributed by atoms with van der Waals surface area (Å²) in [7, 11) is 1.29. The second-order valence-corrected chi connectivity index (χ2v) is 7.05. The van der Waals surface area contributed by atoms with Gasteiger partial charge in [-0.3, -0.25) is 9.59 Å². The summed E-state index contributed by atoms with van der Waals surface area (Å²) >= 11 is 2.41. The van der Waals surface area contributed by atoms with E-state index in [1.54, 1.807) is 5.38 Å². The molecule has 10 nitrogen and oxygen atoms in total. The minimum Gasteiger partial charge on any atom is -0.478 e. The Morgan fingerprint density at radius 1 is 1.56 bits per heavy atom. The molecule has 1 fully saturated rings. The number of amides is 2. The maximum absolute atomic E-state index is 12.5. The van der Waals surface area contributed by atoms with Crippen LogP contribution in [0.4, 0.5) is 5.13 Å². The van der Waals surface area contributed by atoms with Crippen molar-refractivity contribution in [1.82, 2.24) is 15.2 Å². The van der Waals surface area contributed by atoms with Gasteiger partial charge in [0, 0.05) is 17.3 Å². The molecule has 1 aromatic rings. The van der Waals surface area contributed by atoms with Gasteiger partial charge in [-0.25, -0.2) is 9.78 Å². The number of aromatic nitrogens is 1. The summed E-state index contributed by atoms with van der Waals surface area (Å²) in [5, 5.41) is 16.7. The van der Waals surface area contributed by atoms with Gasteiger partial charge in [0.05, 0.1) is 5.57 Å². The third-order valence-electron chi connectivity index (χ3n) is 3.51. The van der Waals surface area contributed by atoms with Gasteiger partial charge in [-0.2, -0.15) is 0 Å². The molecule has 2 atom stereocenters. The Balaban J connectivity index is 1.73. The highest BCUT2D eigenvalue weighted by Gasteiger charge is 2.50. The normalized spacial score (nSPS) is 22.6. The van der Waals surface area contributed by atoms with Crippen LogP contribution >= 0.6 is 23.1 Å². The number of carbonyl (C=O) groups excluding carboxylic acids is 2. The second-order valence-electron chi connectivity index (χ2n) is 5.05. The summed E-state index contributed by atoms with van der Waals surface area (Å²) < 4.78 is 0. The first-order valence-corrected chi connectivity index (χ1v) is 8.86. The first-order valence-electron chi connectivity index (χ1n) is 6.93. The van der Waals surface area contributed by atoms with Crippen molar-refractivity contribution in [2.75, 3.05) is 18.6 Å². The van der Waals surface area contributed by atoms with Crippen LogP contribution in [0.25, 0.3) is 0 Å². The lowest BCUT2D eigenvalue weighted by atomic mass is 10.1. The van der Waals surface area contributed by atoms with E-state index in [-0.39, 0.29) is 39.1 Å². The van der Waals surface area contributed by atoms with Gasteiger partial charge in [0.1, 0.15) is 24.2 Å². The van der Waals surface area contributed by atoms with Crippen LogP contribution in [-0.2, 0) is 19.2 Å². The van der Waals surface area contributed by atoms with E-state index in [1.807, 2.05) is 0 Å². The number of oxime groups is 1. The molecule has 1 aromatic heterocycles. The Morgan fingerprint density at radius 2 is 2.32 bits per heavy atom. The van der Waals surface area contributed by atoms with Gasteiger partial charge < -0.3 is 25.9 Å². The Kier molecular flexibility index (Phi) is 4.63. The molecular formula is C13H13N5O5S2. The molecule has 1 saturated heterocycles. The molecule has 0 bridgehead atoms. The lowest BCUT2D eigenvalue weighted by Crippen LogP contribution is -2.69. The lowest BCUT2D eigenvalue weighted by Gasteiger charge is -2.46. The van der Waals surface area contributed by atoms with Crippen molar-refractivity contribution in [1.29, 1.82) is 0 Å². The Bertz CT molecular complexity index is 804. The van der Waals surface area contributed by atoms with E-state index in [9.17, 15) is 14.4 Å². The van der Waals surface area contributed by atoms with Crippen LogP contribution in [0.5, 0.6) is 0 Å². The van der Waals surface area contributed by atoms with Crippen LogP contribution in [0.15, 0.2) is 22.3 Å². The number of carboxylic acid groups (broad SMARTS) is 1. The SMILES string of the molecule is CON=C(C(=O)NC1C(=O)N2C=C(C(=O)O)CS[C@H]12)c1csc(N)n1. The zero-order valence-corrected chi connectivity index (χ0v) is 14.5. The maximum Gasteiger partial charge on any atom is 0.333 e. The van der Waals surface area contributed by atoms with Crippen LogP contribution in [0.3, 0.4) is 0 Å². The smallest absolute Gasteiger partial charge is 0.333 e. The molecule has 0 aromatic carbocycles. The predicted molar refractivity (Wildman–Crippen MR) is 90.8 cm³/mol. The molecule has 132 valence electrons. The summed E-state index contributed by atoms with van der Waals surface area (Å²) in [4.78, 5) is 45.6. The molecule has 0 aliphatic carbocycles. The number of β-lactam (4-membered cyclic amide) rings is 1. The summed E-state index contributed by atoms with van der Waals surface area (Å²) in [5.41, 5.74) is 5.85. The fourth-order valence-electron chi connectivity index (χ4n) is 2.33. The van der Waals surface area contributed by atoms with Crippen LogP contribution in [-0.4, -0.2) is 62.8 Å². The van der Waals surface area contributed by atoms with Gasteiger partial charge in [-0.1, -0.05) is 5.16 Å². The van der Waals surface area contributed by atoms with Crippen molar-refractivity contribution in [2.24, 2.45) is 5.16 Å². The number of thiazole rings is 1. The van der Waals surface area contributed by atoms with E-state index in [0.29, 0.717) is 0 Å². The summed E-state index contributed by atoms with van der Waals surface area (Å²) in [6, 6.07) is -0.776. The fraction of sp³-hybridized carbons (Fsp3) is 0.308. The topological polar surface area (TPSA) is 147 Å². The quantitative estimate of drug-likeness (QED) is 0.348. The number of thioether (sulfide) groups is 1. The maximum atomic E-state index is 12.5. The van der Waals surface area contributed by atoms with Crippen LogP contribution in [0.1, 0.15) is 5.69 Å². The number of nitrogen functional groups attached to an aromatic ring is 1. The lowest BCUT2D eigenvalue weighted by molar-refractivity contribution is -0.144. The number of nitrogens with zero attached hydrogens (tertiary/aromatic N) is 3. The van der Waals surface area contributed by atoms with Crippen molar-refractivity contribution in [3.8, 4) is 0 Å². The number of hydrogen-bond donors (Lipinski definition) is 3. The van der Waals surface area contributed by atoms with Crippen LogP contribution in [0, 0.1) is 0 Å². The number of nitrogens with one attached hydrogen (secondary N) is 1. The molecule has 3 rings (SSSR count). The molecule has 1 unspecified atom stereocenters. The minimum atomic E-state index is -1.07. The van der Waals surface area contributed by atoms with Gasteiger partial charge in [0.25, 0.3) is 11.8 Å². The minimum absolute atomic E-state index is 0.0933. The highest BCUT2D eigenvalue weighted by atomic mass is 32.2. The first-order chi connectivity index (χ1) is 11.9. The molecule has 25 heavy (non-hydrogen) atoms. The number of rotatable bonds is 5. The molecule has 12 heteroatoms. The molecule has 2 aliphatic rings. The molecule has 0 spiro atoms. The Labute approximate surface area is 149 Å². The van der Waals surface area contributed by atoms with Crippen LogP contribution < -0.4 is 11.1 Å². The van der Waals surface area contributed by atoms with Gasteiger partial charge in [0.2, 0.25) is 0 Å². The van der Waals surface area contributed by atoms with Gasteiger partial charge in [-0.15, -0.1) is 23.1 Å². The molecular weight excluding hydrogens is 370 g/mol. The molecule has 3 heterocycles. The van der Waals surface area contributed by atoms with E-state index in [2.05, 4.69) is 20.3 Å². The van der Waals surface area contributed by atoms with Gasteiger partial charge in [-0.05, 0) is 0 Å². The second kappa shape index (κ2) is 6.72. The highest BCUT2D eigenvalue weighted by molar-refractivity contribution is 8.00. The monoisotopic (exact) mass is 383 g/mol. The molecule has 4 N–H and O–H groups in total. The standard InChI is InChI=1S/C13H13N5O5S2/c1-23-17-7(6-4-25-13(14)15-6)9(19)16-8-10(20)18-2-5(12(21)22)3-24-11(8)18/h2,4,8,11H,3H2,1H3,(H2,14,15)(H,16,19)(H,21,22)/t8?,11-/m1/s1. The number of fused-ring (bicyclic) bond motifs is 1. The molecule has 2 amide bonds. The summed E-state index contributed by atoms with van der Waals surface area (Å²) in [5.74, 6) is -1.84. The predicted octanol–water partition coefficient (Wildman–Crippen LogP) is -0.556. The summed E-state index contributed by atoms with van der Waals surface area (Å²) in [6.07, 6.45) is 1.31. The highest BCUT2D eigenvalue weighted by Crippen LogP contribution is 2.36. The van der Waals surface area contributed by atoms with E-state index in [1.165, 1.54) is 30.0 Å². The van der Waals surface area contributed by atoms with Crippen molar-refractivity contribution < 1.29 is 24.3 Å². The zero-order valence-electron chi connectivity index (χ0n) is 12.8. The number of nitrogens with two attached hydrogens (primary N) is 1. The number of carbonyl (C=O) groups is 3. The molecule has 2 aliphatic heterocycles.